The molecule has 0 unspecified atom stereocenters. The molecule has 0 aliphatic rings. The van der Waals surface area contributed by atoms with Crippen LogP contribution in [-0.2, 0) is 9.59 Å². The molecule has 19 heavy (non-hydrogen) atoms. The van der Waals surface area contributed by atoms with E-state index in [1.165, 1.54) is 5.56 Å². The highest BCUT2D eigenvalue weighted by Crippen LogP contribution is 2.18. The van der Waals surface area contributed by atoms with Crippen LogP contribution < -0.4 is 10.1 Å². The van der Waals surface area contributed by atoms with Crippen LogP contribution in [0.15, 0.2) is 18.2 Å². The number of aliphatic carboxylic acids is 1. The Balaban J connectivity index is 2.23. The minimum Gasteiger partial charge on any atom is -0.491 e. The molecule has 0 radical (unpaired) electrons. The number of ether oxygens (including phenoxy) is 1. The summed E-state index contributed by atoms with van der Waals surface area (Å²) in [4.78, 5) is 21.5. The lowest BCUT2D eigenvalue weighted by Gasteiger charge is -2.10. The van der Waals surface area contributed by atoms with Crippen molar-refractivity contribution in [2.75, 3.05) is 13.2 Å². The van der Waals surface area contributed by atoms with Crippen LogP contribution in [-0.4, -0.2) is 30.1 Å². The van der Waals surface area contributed by atoms with Crippen molar-refractivity contribution in [1.29, 1.82) is 0 Å². The van der Waals surface area contributed by atoms with Crippen LogP contribution in [0.2, 0.25) is 0 Å². The predicted octanol–water partition coefficient (Wildman–Crippen LogP) is 1.66. The van der Waals surface area contributed by atoms with Gasteiger partial charge in [0.15, 0.2) is 0 Å². The molecule has 0 heterocycles. The molecule has 0 aromatic heterocycles. The van der Waals surface area contributed by atoms with Gasteiger partial charge in [0.2, 0.25) is 5.91 Å². The minimum atomic E-state index is -0.971. The number of carboxylic acids is 1. The second-order valence-corrected chi connectivity index (χ2v) is 4.36. The molecule has 0 saturated heterocycles. The van der Waals surface area contributed by atoms with Gasteiger partial charge in [-0.25, -0.2) is 0 Å². The molecule has 0 aliphatic carbocycles. The largest absolute Gasteiger partial charge is 0.491 e. The van der Waals surface area contributed by atoms with Gasteiger partial charge >= 0.3 is 5.97 Å². The first-order valence-corrected chi connectivity index (χ1v) is 6.17. The van der Waals surface area contributed by atoms with Crippen molar-refractivity contribution >= 4 is 11.9 Å². The normalized spacial score (nSPS) is 10.0. The lowest BCUT2D eigenvalue weighted by atomic mass is 10.1. The van der Waals surface area contributed by atoms with Crippen molar-refractivity contribution in [2.24, 2.45) is 0 Å². The number of carboxylic acid groups (broad SMARTS) is 1. The molecule has 0 atom stereocenters. The van der Waals surface area contributed by atoms with Gasteiger partial charge in [-0.2, -0.15) is 0 Å². The summed E-state index contributed by atoms with van der Waals surface area (Å²) in [7, 11) is 0. The topological polar surface area (TPSA) is 75.6 Å². The maximum atomic E-state index is 11.2. The van der Waals surface area contributed by atoms with Gasteiger partial charge < -0.3 is 15.2 Å². The molecular weight excluding hydrogens is 246 g/mol. The van der Waals surface area contributed by atoms with E-state index in [1.807, 2.05) is 32.0 Å². The fourth-order valence-corrected chi connectivity index (χ4v) is 1.62. The molecule has 5 nitrogen and oxygen atoms in total. The van der Waals surface area contributed by atoms with E-state index in [9.17, 15) is 9.59 Å². The zero-order valence-corrected chi connectivity index (χ0v) is 11.2. The smallest absolute Gasteiger partial charge is 0.303 e. The monoisotopic (exact) mass is 265 g/mol. The van der Waals surface area contributed by atoms with E-state index in [0.29, 0.717) is 13.2 Å². The third kappa shape index (κ3) is 5.90. The van der Waals surface area contributed by atoms with Crippen molar-refractivity contribution < 1.29 is 19.4 Å². The molecule has 2 N–H and O–H groups in total. The van der Waals surface area contributed by atoms with Gasteiger partial charge in [-0.3, -0.25) is 9.59 Å². The molecule has 0 bridgehead atoms. The summed E-state index contributed by atoms with van der Waals surface area (Å²) in [6.07, 6.45) is -0.150. The van der Waals surface area contributed by atoms with Gasteiger partial charge in [0.1, 0.15) is 12.4 Å². The van der Waals surface area contributed by atoms with Crippen LogP contribution in [0.4, 0.5) is 0 Å². The summed E-state index contributed by atoms with van der Waals surface area (Å²) in [6, 6.07) is 5.89. The summed E-state index contributed by atoms with van der Waals surface area (Å²) < 4.78 is 5.54. The van der Waals surface area contributed by atoms with E-state index in [0.717, 1.165) is 11.3 Å². The third-order valence-electron chi connectivity index (χ3n) is 2.58. The van der Waals surface area contributed by atoms with Crippen LogP contribution in [0.1, 0.15) is 24.0 Å². The molecule has 0 aliphatic heterocycles. The van der Waals surface area contributed by atoms with Crippen molar-refractivity contribution in [2.45, 2.75) is 26.7 Å². The maximum Gasteiger partial charge on any atom is 0.303 e. The average Bonchev–Trinajstić information content (AvgIpc) is 2.34. The predicted molar refractivity (Wildman–Crippen MR) is 71.3 cm³/mol. The van der Waals surface area contributed by atoms with Gasteiger partial charge in [-0.05, 0) is 25.5 Å². The van der Waals surface area contributed by atoms with E-state index in [4.69, 9.17) is 9.84 Å². The van der Waals surface area contributed by atoms with Gasteiger partial charge in [-0.15, -0.1) is 0 Å². The SMILES string of the molecule is Cc1ccc(OCCNC(=O)CCC(=O)O)c(C)c1. The Labute approximate surface area is 112 Å². The molecule has 1 rings (SSSR count). The quantitative estimate of drug-likeness (QED) is 0.735. The molecule has 0 spiro atoms. The standard InChI is InChI=1S/C14H19NO4/c1-10-3-4-12(11(2)9-10)19-8-7-15-13(16)5-6-14(17)18/h3-4,9H,5-8H2,1-2H3,(H,15,16)(H,17,18). The first-order valence-electron chi connectivity index (χ1n) is 6.17. The van der Waals surface area contributed by atoms with Crippen LogP contribution in [0.25, 0.3) is 0 Å². The highest BCUT2D eigenvalue weighted by Gasteiger charge is 2.05. The Morgan fingerprint density at radius 1 is 1.26 bits per heavy atom. The van der Waals surface area contributed by atoms with E-state index < -0.39 is 5.97 Å². The molecular formula is C14H19NO4. The van der Waals surface area contributed by atoms with Gasteiger partial charge in [0.25, 0.3) is 0 Å². The average molecular weight is 265 g/mol. The second-order valence-electron chi connectivity index (χ2n) is 4.36. The Bertz CT molecular complexity index is 457. The van der Waals surface area contributed by atoms with Gasteiger partial charge in [-0.1, -0.05) is 17.7 Å². The van der Waals surface area contributed by atoms with Crippen molar-refractivity contribution in [3.8, 4) is 5.75 Å². The van der Waals surface area contributed by atoms with E-state index >= 15 is 0 Å². The number of aryl methyl sites for hydroxylation is 2. The van der Waals surface area contributed by atoms with E-state index in [2.05, 4.69) is 5.32 Å². The number of hydrogen-bond donors (Lipinski definition) is 2. The molecule has 5 heteroatoms. The first kappa shape index (κ1) is 15.0. The molecule has 104 valence electrons. The van der Waals surface area contributed by atoms with E-state index in [1.54, 1.807) is 0 Å². The lowest BCUT2D eigenvalue weighted by molar-refractivity contribution is -0.138. The molecule has 1 amide bonds. The summed E-state index contributed by atoms with van der Waals surface area (Å²) in [5, 5.41) is 11.0. The summed E-state index contributed by atoms with van der Waals surface area (Å²) in [6.45, 7) is 4.71. The Morgan fingerprint density at radius 2 is 2.00 bits per heavy atom. The number of carbonyl (C=O) groups is 2. The number of benzene rings is 1. The van der Waals surface area contributed by atoms with Crippen LogP contribution in [0, 0.1) is 13.8 Å². The molecule has 1 aromatic carbocycles. The van der Waals surface area contributed by atoms with Crippen LogP contribution >= 0.6 is 0 Å². The fraction of sp³-hybridized carbons (Fsp3) is 0.429. The summed E-state index contributed by atoms with van der Waals surface area (Å²) in [5.41, 5.74) is 2.23. The minimum absolute atomic E-state index is 0.00110. The van der Waals surface area contributed by atoms with Crippen LogP contribution in [0.5, 0.6) is 5.75 Å². The number of nitrogens with one attached hydrogen (secondary N) is 1. The van der Waals surface area contributed by atoms with Gasteiger partial charge in [0.05, 0.1) is 13.0 Å². The summed E-state index contributed by atoms with van der Waals surface area (Å²) in [5.74, 6) is -0.446. The zero-order chi connectivity index (χ0) is 14.3. The number of carbonyl (C=O) groups excluding carboxylic acids is 1. The van der Waals surface area contributed by atoms with Crippen molar-refractivity contribution in [3.63, 3.8) is 0 Å². The number of hydrogen-bond acceptors (Lipinski definition) is 3. The second kappa shape index (κ2) is 7.41. The molecule has 0 saturated carbocycles. The highest BCUT2D eigenvalue weighted by atomic mass is 16.5. The Morgan fingerprint density at radius 3 is 2.63 bits per heavy atom. The van der Waals surface area contributed by atoms with Gasteiger partial charge in [0, 0.05) is 6.42 Å². The molecule has 0 fully saturated rings. The third-order valence-corrected chi connectivity index (χ3v) is 2.58. The summed E-state index contributed by atoms with van der Waals surface area (Å²) >= 11 is 0. The Kier molecular flexibility index (Phi) is 5.85. The van der Waals surface area contributed by atoms with Crippen molar-refractivity contribution in [1.82, 2.24) is 5.32 Å². The number of rotatable bonds is 7. The zero-order valence-electron chi connectivity index (χ0n) is 11.2. The number of amides is 1. The van der Waals surface area contributed by atoms with E-state index in [-0.39, 0.29) is 18.7 Å². The van der Waals surface area contributed by atoms with Crippen molar-refractivity contribution in [3.05, 3.63) is 29.3 Å². The lowest BCUT2D eigenvalue weighted by Crippen LogP contribution is -2.28. The maximum absolute atomic E-state index is 11.2. The fourth-order valence-electron chi connectivity index (χ4n) is 1.62. The molecule has 1 aromatic rings. The first-order chi connectivity index (χ1) is 8.99. The Hall–Kier alpha value is -2.04. The highest BCUT2D eigenvalue weighted by molar-refractivity contribution is 5.80. The van der Waals surface area contributed by atoms with Crippen LogP contribution in [0.3, 0.4) is 0 Å².